The first kappa shape index (κ1) is 13.0. The molecule has 98 valence electrons. The fourth-order valence-electron chi connectivity index (χ4n) is 2.11. The molecule has 1 aliphatic rings. The molecule has 0 amide bonds. The maximum absolute atomic E-state index is 13.9. The van der Waals surface area contributed by atoms with Crippen molar-refractivity contribution in [3.63, 3.8) is 0 Å². The smallest absolute Gasteiger partial charge is 0.201 e. The molecule has 0 bridgehead atoms. The minimum Gasteiger partial charge on any atom is -0.491 e. The number of hydrogen-bond donors (Lipinski definition) is 1. The fraction of sp³-hybridized carbons (Fsp3) is 0.429. The van der Waals surface area contributed by atoms with Crippen molar-refractivity contribution in [2.24, 2.45) is 0 Å². The highest BCUT2D eigenvalue weighted by Gasteiger charge is 2.19. The van der Waals surface area contributed by atoms with Crippen LogP contribution in [-0.4, -0.2) is 17.8 Å². The second-order valence-electron chi connectivity index (χ2n) is 4.33. The van der Waals surface area contributed by atoms with Gasteiger partial charge in [0.15, 0.2) is 11.6 Å². The monoisotopic (exact) mass is 254 g/mol. The Morgan fingerprint density at radius 3 is 2.72 bits per heavy atom. The normalized spacial score (nSPS) is 19.6. The summed E-state index contributed by atoms with van der Waals surface area (Å²) in [6.07, 6.45) is 3.03. The van der Waals surface area contributed by atoms with E-state index >= 15 is 0 Å². The average Bonchev–Trinajstić information content (AvgIpc) is 2.37. The molecule has 0 saturated heterocycles. The highest BCUT2D eigenvalue weighted by atomic mass is 19.2. The van der Waals surface area contributed by atoms with Gasteiger partial charge in [-0.1, -0.05) is 6.08 Å². The van der Waals surface area contributed by atoms with Crippen molar-refractivity contribution < 1.29 is 18.6 Å². The van der Waals surface area contributed by atoms with Crippen molar-refractivity contribution in [3.8, 4) is 5.75 Å². The average molecular weight is 254 g/mol. The number of allylic oxidation sites excluding steroid dienone is 1. The number of ether oxygens (including phenoxy) is 1. The third kappa shape index (κ3) is 2.53. The third-order valence-electron chi connectivity index (χ3n) is 3.08. The largest absolute Gasteiger partial charge is 0.491 e. The van der Waals surface area contributed by atoms with Crippen molar-refractivity contribution >= 4 is 5.57 Å². The Bertz CT molecular complexity index is 469. The fourth-order valence-corrected chi connectivity index (χ4v) is 2.11. The molecular formula is C14H16F2O2. The topological polar surface area (TPSA) is 29.5 Å². The second kappa shape index (κ2) is 5.48. The van der Waals surface area contributed by atoms with E-state index in [1.807, 2.05) is 0 Å². The van der Waals surface area contributed by atoms with Crippen LogP contribution in [0.4, 0.5) is 8.78 Å². The van der Waals surface area contributed by atoms with Gasteiger partial charge < -0.3 is 9.84 Å². The van der Waals surface area contributed by atoms with Crippen LogP contribution in [-0.2, 0) is 0 Å². The lowest BCUT2D eigenvalue weighted by Crippen LogP contribution is -2.10. The van der Waals surface area contributed by atoms with Crippen LogP contribution in [0.25, 0.3) is 5.57 Å². The van der Waals surface area contributed by atoms with Gasteiger partial charge in [0.25, 0.3) is 0 Å². The molecular weight excluding hydrogens is 238 g/mol. The summed E-state index contributed by atoms with van der Waals surface area (Å²) in [5, 5.41) is 9.38. The zero-order chi connectivity index (χ0) is 13.1. The second-order valence-corrected chi connectivity index (χ2v) is 4.33. The van der Waals surface area contributed by atoms with Gasteiger partial charge in [-0.3, -0.25) is 0 Å². The van der Waals surface area contributed by atoms with Crippen molar-refractivity contribution in [1.82, 2.24) is 0 Å². The molecule has 0 radical (unpaired) electrons. The van der Waals surface area contributed by atoms with Gasteiger partial charge in [0.05, 0.1) is 12.7 Å². The highest BCUT2D eigenvalue weighted by Crippen LogP contribution is 2.32. The molecule has 18 heavy (non-hydrogen) atoms. The Labute approximate surface area is 105 Å². The van der Waals surface area contributed by atoms with E-state index in [4.69, 9.17) is 4.74 Å². The molecule has 1 aliphatic carbocycles. The Hall–Kier alpha value is -1.42. The van der Waals surface area contributed by atoms with Crippen molar-refractivity contribution in [3.05, 3.63) is 35.4 Å². The number of halogens is 2. The molecule has 2 rings (SSSR count). The van der Waals surface area contributed by atoms with Gasteiger partial charge in [-0.2, -0.15) is 4.39 Å². The summed E-state index contributed by atoms with van der Waals surface area (Å²) in [5.74, 6) is -1.87. The number of aliphatic hydroxyl groups excluding tert-OH is 1. The first-order valence-electron chi connectivity index (χ1n) is 6.11. The van der Waals surface area contributed by atoms with E-state index in [0.29, 0.717) is 25.9 Å². The van der Waals surface area contributed by atoms with Crippen LogP contribution in [0.5, 0.6) is 5.75 Å². The molecule has 0 saturated carbocycles. The minimum atomic E-state index is -0.943. The zero-order valence-electron chi connectivity index (χ0n) is 10.2. The number of rotatable bonds is 3. The lowest BCUT2D eigenvalue weighted by Gasteiger charge is -2.18. The van der Waals surface area contributed by atoms with Crippen LogP contribution in [0.2, 0.25) is 0 Å². The van der Waals surface area contributed by atoms with E-state index in [0.717, 1.165) is 5.57 Å². The summed E-state index contributed by atoms with van der Waals surface area (Å²) in [6.45, 7) is 2.01. The molecule has 0 aromatic heterocycles. The van der Waals surface area contributed by atoms with Crippen molar-refractivity contribution in [2.75, 3.05) is 6.61 Å². The van der Waals surface area contributed by atoms with E-state index in [9.17, 15) is 13.9 Å². The molecule has 0 aliphatic heterocycles. The Morgan fingerprint density at radius 2 is 2.11 bits per heavy atom. The Balaban J connectivity index is 2.32. The van der Waals surface area contributed by atoms with Gasteiger partial charge in [-0.25, -0.2) is 4.39 Å². The molecule has 0 heterocycles. The third-order valence-corrected chi connectivity index (χ3v) is 3.08. The van der Waals surface area contributed by atoms with Crippen LogP contribution in [0.3, 0.4) is 0 Å². The van der Waals surface area contributed by atoms with E-state index in [1.54, 1.807) is 13.0 Å². The Morgan fingerprint density at radius 1 is 1.33 bits per heavy atom. The summed E-state index contributed by atoms with van der Waals surface area (Å²) in [6, 6.07) is 2.98. The molecule has 1 aromatic carbocycles. The summed E-state index contributed by atoms with van der Waals surface area (Å²) < 4.78 is 32.6. The molecule has 2 nitrogen and oxygen atoms in total. The minimum absolute atomic E-state index is 0.0600. The summed E-state index contributed by atoms with van der Waals surface area (Å²) >= 11 is 0. The van der Waals surface area contributed by atoms with E-state index < -0.39 is 11.6 Å². The van der Waals surface area contributed by atoms with Gasteiger partial charge in [-0.15, -0.1) is 0 Å². The SMILES string of the molecule is CCOc1ccc(C2=CCC(O)CC2)c(F)c1F. The van der Waals surface area contributed by atoms with Crippen LogP contribution in [0.15, 0.2) is 18.2 Å². The maximum atomic E-state index is 13.9. The Kier molecular flexibility index (Phi) is 3.97. The summed E-state index contributed by atoms with van der Waals surface area (Å²) in [5.41, 5.74) is 1.02. The van der Waals surface area contributed by atoms with Crippen LogP contribution in [0.1, 0.15) is 31.7 Å². The van der Waals surface area contributed by atoms with Crippen LogP contribution in [0, 0.1) is 11.6 Å². The van der Waals surface area contributed by atoms with Gasteiger partial charge in [0, 0.05) is 5.56 Å². The summed E-state index contributed by atoms with van der Waals surface area (Å²) in [7, 11) is 0. The molecule has 4 heteroatoms. The van der Waals surface area contributed by atoms with Crippen LogP contribution < -0.4 is 4.74 Å². The van der Waals surface area contributed by atoms with Gasteiger partial charge in [0.1, 0.15) is 0 Å². The lowest BCUT2D eigenvalue weighted by molar-refractivity contribution is 0.166. The molecule has 1 aromatic rings. The van der Waals surface area contributed by atoms with Gasteiger partial charge >= 0.3 is 0 Å². The first-order valence-corrected chi connectivity index (χ1v) is 6.11. The van der Waals surface area contributed by atoms with E-state index in [2.05, 4.69) is 0 Å². The number of hydrogen-bond acceptors (Lipinski definition) is 2. The number of benzene rings is 1. The van der Waals surface area contributed by atoms with Crippen LogP contribution >= 0.6 is 0 Å². The predicted molar refractivity (Wildman–Crippen MR) is 65.4 cm³/mol. The predicted octanol–water partition coefficient (Wildman–Crippen LogP) is 3.29. The molecule has 1 unspecified atom stereocenters. The quantitative estimate of drug-likeness (QED) is 0.896. The molecule has 0 spiro atoms. The highest BCUT2D eigenvalue weighted by molar-refractivity contribution is 5.67. The van der Waals surface area contributed by atoms with E-state index in [1.165, 1.54) is 12.1 Å². The maximum Gasteiger partial charge on any atom is 0.201 e. The standard InChI is InChI=1S/C14H16F2O2/c1-2-18-12-8-7-11(13(15)14(12)16)9-3-5-10(17)6-4-9/h3,7-8,10,17H,2,4-6H2,1H3. The number of aliphatic hydroxyl groups is 1. The van der Waals surface area contributed by atoms with Gasteiger partial charge in [0.2, 0.25) is 5.82 Å². The zero-order valence-corrected chi connectivity index (χ0v) is 10.2. The van der Waals surface area contributed by atoms with Gasteiger partial charge in [-0.05, 0) is 43.9 Å². The van der Waals surface area contributed by atoms with Crippen molar-refractivity contribution in [2.45, 2.75) is 32.3 Å². The lowest BCUT2D eigenvalue weighted by atomic mass is 9.91. The van der Waals surface area contributed by atoms with Crippen molar-refractivity contribution in [1.29, 1.82) is 0 Å². The molecule has 1 N–H and O–H groups in total. The molecule has 1 atom stereocenters. The molecule has 0 fully saturated rings. The first-order chi connectivity index (χ1) is 8.63. The summed E-state index contributed by atoms with van der Waals surface area (Å²) in [4.78, 5) is 0. The van der Waals surface area contributed by atoms with E-state index in [-0.39, 0.29) is 17.4 Å².